The summed E-state index contributed by atoms with van der Waals surface area (Å²) in [5, 5.41) is 5.07. The Morgan fingerprint density at radius 2 is 1.87 bits per heavy atom. The van der Waals surface area contributed by atoms with Crippen molar-refractivity contribution >= 4 is 12.0 Å². The highest BCUT2D eigenvalue weighted by molar-refractivity contribution is 5.77. The van der Waals surface area contributed by atoms with E-state index in [9.17, 15) is 9.59 Å². The van der Waals surface area contributed by atoms with Crippen molar-refractivity contribution < 1.29 is 14.3 Å². The van der Waals surface area contributed by atoms with Gasteiger partial charge in [0.2, 0.25) is 5.91 Å². The minimum atomic E-state index is -0.517. The Hall–Kier alpha value is -1.26. The molecular formula is C10H20N2O3. The summed E-state index contributed by atoms with van der Waals surface area (Å²) < 4.78 is 5.04. The maximum atomic E-state index is 11.3. The van der Waals surface area contributed by atoms with Crippen LogP contribution in [-0.2, 0) is 9.53 Å². The summed E-state index contributed by atoms with van der Waals surface area (Å²) in [5.41, 5.74) is -0.517. The summed E-state index contributed by atoms with van der Waals surface area (Å²) in [6.45, 7) is 7.11. The molecule has 1 atom stereocenters. The lowest BCUT2D eigenvalue weighted by Gasteiger charge is -2.21. The Morgan fingerprint density at radius 1 is 1.33 bits per heavy atom. The summed E-state index contributed by atoms with van der Waals surface area (Å²) in [6, 6.07) is -0.236. The molecule has 0 rings (SSSR count). The fraction of sp³-hybridized carbons (Fsp3) is 0.800. The summed E-state index contributed by atoms with van der Waals surface area (Å²) >= 11 is 0. The molecule has 0 unspecified atom stereocenters. The molecule has 15 heavy (non-hydrogen) atoms. The van der Waals surface area contributed by atoms with Crippen LogP contribution < -0.4 is 10.6 Å². The zero-order valence-corrected chi connectivity index (χ0v) is 10.0. The number of alkyl carbamates (subject to hydrolysis) is 1. The zero-order chi connectivity index (χ0) is 12.1. The molecule has 0 aliphatic heterocycles. The van der Waals surface area contributed by atoms with Gasteiger partial charge >= 0.3 is 6.09 Å². The number of carbonyl (C=O) groups excluding carboxylic acids is 2. The van der Waals surface area contributed by atoms with Gasteiger partial charge < -0.3 is 15.4 Å². The van der Waals surface area contributed by atoms with Crippen LogP contribution in [0.25, 0.3) is 0 Å². The van der Waals surface area contributed by atoms with Crippen LogP contribution in [0.1, 0.15) is 34.1 Å². The lowest BCUT2D eigenvalue weighted by atomic mass is 10.2. The average molecular weight is 216 g/mol. The SMILES string of the molecule is CNC(=O)C[C@H](C)NC(=O)OC(C)(C)C. The minimum absolute atomic E-state index is 0.112. The van der Waals surface area contributed by atoms with E-state index in [0.717, 1.165) is 0 Å². The number of ether oxygens (including phenoxy) is 1. The minimum Gasteiger partial charge on any atom is -0.444 e. The monoisotopic (exact) mass is 216 g/mol. The van der Waals surface area contributed by atoms with Gasteiger partial charge in [-0.1, -0.05) is 0 Å². The topological polar surface area (TPSA) is 67.4 Å². The Kier molecular flexibility index (Phi) is 5.11. The molecule has 88 valence electrons. The predicted molar refractivity (Wildman–Crippen MR) is 57.5 cm³/mol. The van der Waals surface area contributed by atoms with Gasteiger partial charge in [0, 0.05) is 19.5 Å². The van der Waals surface area contributed by atoms with Crippen molar-refractivity contribution in [1.29, 1.82) is 0 Å². The van der Waals surface area contributed by atoms with Crippen LogP contribution in [0.15, 0.2) is 0 Å². The molecule has 0 aliphatic carbocycles. The molecule has 0 saturated heterocycles. The van der Waals surface area contributed by atoms with E-state index in [1.54, 1.807) is 34.7 Å². The third kappa shape index (κ3) is 7.78. The standard InChI is InChI=1S/C10H20N2O3/c1-7(6-8(13)11-5)12-9(14)15-10(2,3)4/h7H,6H2,1-5H3,(H,11,13)(H,12,14)/t7-/m0/s1. The number of carbonyl (C=O) groups is 2. The number of hydrogen-bond acceptors (Lipinski definition) is 3. The third-order valence-electron chi connectivity index (χ3n) is 1.53. The van der Waals surface area contributed by atoms with Crippen molar-refractivity contribution in [2.24, 2.45) is 0 Å². The number of amides is 2. The van der Waals surface area contributed by atoms with Crippen molar-refractivity contribution in [3.05, 3.63) is 0 Å². The van der Waals surface area contributed by atoms with Gasteiger partial charge in [-0.05, 0) is 27.7 Å². The van der Waals surface area contributed by atoms with Crippen LogP contribution in [-0.4, -0.2) is 30.7 Å². The Morgan fingerprint density at radius 3 is 2.27 bits per heavy atom. The smallest absolute Gasteiger partial charge is 0.407 e. The maximum Gasteiger partial charge on any atom is 0.407 e. The number of rotatable bonds is 3. The molecule has 0 bridgehead atoms. The summed E-state index contributed by atoms with van der Waals surface area (Å²) in [5.74, 6) is -0.112. The van der Waals surface area contributed by atoms with Gasteiger partial charge in [-0.15, -0.1) is 0 Å². The first-order valence-electron chi connectivity index (χ1n) is 4.94. The average Bonchev–Trinajstić information content (AvgIpc) is 1.99. The highest BCUT2D eigenvalue weighted by Crippen LogP contribution is 2.06. The lowest BCUT2D eigenvalue weighted by Crippen LogP contribution is -2.39. The van der Waals surface area contributed by atoms with E-state index in [2.05, 4.69) is 10.6 Å². The van der Waals surface area contributed by atoms with Crippen LogP contribution in [0.3, 0.4) is 0 Å². The van der Waals surface area contributed by atoms with E-state index in [4.69, 9.17) is 4.74 Å². The lowest BCUT2D eigenvalue weighted by molar-refractivity contribution is -0.120. The second-order valence-electron chi connectivity index (χ2n) is 4.42. The maximum absolute atomic E-state index is 11.3. The van der Waals surface area contributed by atoms with Gasteiger partial charge in [0.15, 0.2) is 0 Å². The Labute approximate surface area is 90.6 Å². The molecule has 0 aliphatic rings. The summed E-state index contributed by atoms with van der Waals surface area (Å²) in [7, 11) is 1.56. The fourth-order valence-corrected chi connectivity index (χ4v) is 0.940. The largest absolute Gasteiger partial charge is 0.444 e. The first-order valence-corrected chi connectivity index (χ1v) is 4.94. The van der Waals surface area contributed by atoms with Gasteiger partial charge in [0.1, 0.15) is 5.60 Å². The van der Waals surface area contributed by atoms with Crippen molar-refractivity contribution in [2.75, 3.05) is 7.05 Å². The predicted octanol–water partition coefficient (Wildman–Crippen LogP) is 1.04. The van der Waals surface area contributed by atoms with Crippen LogP contribution in [0, 0.1) is 0 Å². The molecule has 0 aromatic heterocycles. The fourth-order valence-electron chi connectivity index (χ4n) is 0.940. The van der Waals surface area contributed by atoms with E-state index in [-0.39, 0.29) is 18.4 Å². The van der Waals surface area contributed by atoms with Crippen molar-refractivity contribution in [2.45, 2.75) is 45.8 Å². The molecule has 5 nitrogen and oxygen atoms in total. The van der Waals surface area contributed by atoms with Crippen LogP contribution >= 0.6 is 0 Å². The van der Waals surface area contributed by atoms with Crippen LogP contribution in [0.2, 0.25) is 0 Å². The molecule has 2 N–H and O–H groups in total. The van der Waals surface area contributed by atoms with Crippen molar-refractivity contribution in [3.8, 4) is 0 Å². The first kappa shape index (κ1) is 13.7. The molecule has 5 heteroatoms. The van der Waals surface area contributed by atoms with Crippen LogP contribution in [0.5, 0.6) is 0 Å². The van der Waals surface area contributed by atoms with Crippen molar-refractivity contribution in [3.63, 3.8) is 0 Å². The molecule has 0 radical (unpaired) electrons. The number of nitrogens with one attached hydrogen (secondary N) is 2. The second-order valence-corrected chi connectivity index (χ2v) is 4.42. The van der Waals surface area contributed by atoms with E-state index < -0.39 is 11.7 Å². The summed E-state index contributed by atoms with van der Waals surface area (Å²) in [6.07, 6.45) is -0.255. The van der Waals surface area contributed by atoms with Gasteiger partial charge in [-0.25, -0.2) is 4.79 Å². The molecule has 0 saturated carbocycles. The van der Waals surface area contributed by atoms with Crippen molar-refractivity contribution in [1.82, 2.24) is 10.6 Å². The third-order valence-corrected chi connectivity index (χ3v) is 1.53. The van der Waals surface area contributed by atoms with E-state index in [0.29, 0.717) is 0 Å². The number of hydrogen-bond donors (Lipinski definition) is 2. The molecule has 2 amide bonds. The first-order chi connectivity index (χ1) is 6.74. The molecule has 0 aromatic carbocycles. The summed E-state index contributed by atoms with van der Waals surface area (Å²) in [4.78, 5) is 22.3. The van der Waals surface area contributed by atoms with Gasteiger partial charge in [-0.3, -0.25) is 4.79 Å². The highest BCUT2D eigenvalue weighted by atomic mass is 16.6. The Balaban J connectivity index is 3.92. The molecule has 0 heterocycles. The van der Waals surface area contributed by atoms with Gasteiger partial charge in [0.25, 0.3) is 0 Å². The highest BCUT2D eigenvalue weighted by Gasteiger charge is 2.18. The zero-order valence-electron chi connectivity index (χ0n) is 10.0. The molecule has 0 fully saturated rings. The molecule has 0 spiro atoms. The Bertz CT molecular complexity index is 233. The van der Waals surface area contributed by atoms with Gasteiger partial charge in [0.05, 0.1) is 0 Å². The molecule has 0 aromatic rings. The van der Waals surface area contributed by atoms with E-state index >= 15 is 0 Å². The molecular weight excluding hydrogens is 196 g/mol. The van der Waals surface area contributed by atoms with Gasteiger partial charge in [-0.2, -0.15) is 0 Å². The quantitative estimate of drug-likeness (QED) is 0.740. The van der Waals surface area contributed by atoms with Crippen LogP contribution in [0.4, 0.5) is 4.79 Å². The van der Waals surface area contributed by atoms with E-state index in [1.807, 2.05) is 0 Å². The normalized spacial score (nSPS) is 12.9. The second kappa shape index (κ2) is 5.58. The van der Waals surface area contributed by atoms with E-state index in [1.165, 1.54) is 0 Å².